The van der Waals surface area contributed by atoms with Gasteiger partial charge in [-0.05, 0) is 28.9 Å². The number of aromatic nitrogens is 1. The Morgan fingerprint density at radius 2 is 2.06 bits per heavy atom. The molecule has 1 amide bonds. The first-order valence-electron chi connectivity index (χ1n) is 5.08. The lowest BCUT2D eigenvalue weighted by molar-refractivity contribution is -0.130. The summed E-state index contributed by atoms with van der Waals surface area (Å²) in [4.78, 5) is 16.7. The van der Waals surface area contributed by atoms with Gasteiger partial charge in [-0.3, -0.25) is 9.78 Å². The van der Waals surface area contributed by atoms with Crippen molar-refractivity contribution in [2.45, 2.75) is 17.9 Å². The lowest BCUT2D eigenvalue weighted by atomic mass is 10.3. The normalized spacial score (nSPS) is 13.1. The van der Waals surface area contributed by atoms with Gasteiger partial charge in [0.15, 0.2) is 0 Å². The van der Waals surface area contributed by atoms with Crippen LogP contribution in [0.2, 0.25) is 0 Å². The highest BCUT2D eigenvalue weighted by Crippen LogP contribution is 2.14. The maximum absolute atomic E-state index is 12.0. The van der Waals surface area contributed by atoms with Crippen molar-refractivity contribution in [2.24, 2.45) is 0 Å². The number of nitrogens with zero attached hydrogens (tertiary/aromatic N) is 2. The van der Waals surface area contributed by atoms with Gasteiger partial charge < -0.3 is 4.90 Å². The van der Waals surface area contributed by atoms with E-state index < -0.39 is 16.1 Å². The van der Waals surface area contributed by atoms with Crippen molar-refractivity contribution in [3.63, 3.8) is 0 Å². The number of likely N-dealkylation sites (N-methyl/N-ethyl adjacent to an activating group) is 1. The number of carbonyl (C=O) groups is 1. The molecule has 100 valence electrons. The van der Waals surface area contributed by atoms with Crippen LogP contribution in [0.15, 0.2) is 27.8 Å². The molecule has 0 radical (unpaired) electrons. The van der Waals surface area contributed by atoms with E-state index in [-0.39, 0.29) is 10.8 Å². The van der Waals surface area contributed by atoms with Gasteiger partial charge in [-0.1, -0.05) is 0 Å². The summed E-state index contributed by atoms with van der Waals surface area (Å²) in [5.74, 6) is -0.318. The van der Waals surface area contributed by atoms with Gasteiger partial charge in [-0.15, -0.1) is 0 Å². The van der Waals surface area contributed by atoms with Crippen LogP contribution in [0.3, 0.4) is 0 Å². The first-order valence-corrected chi connectivity index (χ1v) is 7.35. The molecule has 18 heavy (non-hydrogen) atoms. The molecule has 1 rings (SSSR count). The smallest absolute Gasteiger partial charge is 0.242 e. The SMILES string of the molecule is CC(NS(=O)(=O)c1cncc(Br)c1)C(=O)N(C)C. The lowest BCUT2D eigenvalue weighted by Crippen LogP contribution is -2.44. The van der Waals surface area contributed by atoms with Crippen LogP contribution in [0.1, 0.15) is 6.92 Å². The molecule has 8 heteroatoms. The number of carbonyl (C=O) groups excluding carboxylic acids is 1. The fraction of sp³-hybridized carbons (Fsp3) is 0.400. The molecule has 0 saturated heterocycles. The van der Waals surface area contributed by atoms with Crippen LogP contribution in [0, 0.1) is 0 Å². The first-order chi connectivity index (χ1) is 8.24. The number of hydrogen-bond donors (Lipinski definition) is 1. The van der Waals surface area contributed by atoms with E-state index in [0.29, 0.717) is 4.47 Å². The summed E-state index contributed by atoms with van der Waals surface area (Å²) in [6.07, 6.45) is 2.70. The third-order valence-electron chi connectivity index (χ3n) is 2.13. The number of amides is 1. The third-order valence-corrected chi connectivity index (χ3v) is 4.07. The van der Waals surface area contributed by atoms with Crippen molar-refractivity contribution in [1.29, 1.82) is 0 Å². The van der Waals surface area contributed by atoms with Crippen LogP contribution >= 0.6 is 15.9 Å². The molecule has 0 bridgehead atoms. The van der Waals surface area contributed by atoms with Gasteiger partial charge >= 0.3 is 0 Å². The Morgan fingerprint density at radius 1 is 1.44 bits per heavy atom. The molecular weight excluding hydrogens is 322 g/mol. The predicted molar refractivity (Wildman–Crippen MR) is 70.4 cm³/mol. The lowest BCUT2D eigenvalue weighted by Gasteiger charge is -2.17. The van der Waals surface area contributed by atoms with Crippen molar-refractivity contribution >= 4 is 31.9 Å². The summed E-state index contributed by atoms with van der Waals surface area (Å²) < 4.78 is 26.8. The molecule has 0 aliphatic carbocycles. The Balaban J connectivity index is 2.93. The van der Waals surface area contributed by atoms with Crippen LogP contribution < -0.4 is 4.72 Å². The largest absolute Gasteiger partial charge is 0.347 e. The van der Waals surface area contributed by atoms with Crippen molar-refractivity contribution in [1.82, 2.24) is 14.6 Å². The van der Waals surface area contributed by atoms with Gasteiger partial charge in [-0.2, -0.15) is 4.72 Å². The first kappa shape index (κ1) is 15.1. The number of hydrogen-bond acceptors (Lipinski definition) is 4. The molecule has 0 spiro atoms. The number of pyridine rings is 1. The van der Waals surface area contributed by atoms with Gasteiger partial charge in [0.25, 0.3) is 0 Å². The van der Waals surface area contributed by atoms with Crippen LogP contribution in [-0.2, 0) is 14.8 Å². The summed E-state index contributed by atoms with van der Waals surface area (Å²) in [7, 11) is -0.624. The minimum absolute atomic E-state index is 0.00952. The molecular formula is C10H14BrN3O3S. The minimum Gasteiger partial charge on any atom is -0.347 e. The molecule has 1 heterocycles. The Bertz CT molecular complexity index is 545. The van der Waals surface area contributed by atoms with E-state index in [1.165, 1.54) is 30.3 Å². The van der Waals surface area contributed by atoms with E-state index in [9.17, 15) is 13.2 Å². The summed E-state index contributed by atoms with van der Waals surface area (Å²) in [6.45, 7) is 1.49. The predicted octanol–water partition coefficient (Wildman–Crippen LogP) is 0.599. The van der Waals surface area contributed by atoms with Gasteiger partial charge in [0.1, 0.15) is 4.90 Å². The zero-order valence-corrected chi connectivity index (χ0v) is 12.6. The Labute approximate surface area is 115 Å². The highest BCUT2D eigenvalue weighted by Gasteiger charge is 2.23. The average Bonchev–Trinajstić information content (AvgIpc) is 2.27. The second kappa shape index (κ2) is 5.77. The van der Waals surface area contributed by atoms with E-state index in [2.05, 4.69) is 25.6 Å². The van der Waals surface area contributed by atoms with E-state index in [1.54, 1.807) is 14.1 Å². The topological polar surface area (TPSA) is 79.4 Å². The molecule has 0 fully saturated rings. The zero-order chi connectivity index (χ0) is 13.9. The molecule has 1 aromatic heterocycles. The summed E-state index contributed by atoms with van der Waals surface area (Å²) in [6, 6.07) is 0.589. The maximum atomic E-state index is 12.0. The Hall–Kier alpha value is -0.990. The number of nitrogens with one attached hydrogen (secondary N) is 1. The van der Waals surface area contributed by atoms with E-state index >= 15 is 0 Å². The minimum atomic E-state index is -3.75. The molecule has 0 saturated carbocycles. The highest BCUT2D eigenvalue weighted by molar-refractivity contribution is 9.10. The maximum Gasteiger partial charge on any atom is 0.242 e. The van der Waals surface area contributed by atoms with Gasteiger partial charge in [-0.25, -0.2) is 8.42 Å². The molecule has 6 nitrogen and oxygen atoms in total. The molecule has 0 aliphatic heterocycles. The molecule has 1 aromatic rings. The standard InChI is InChI=1S/C10H14BrN3O3S/c1-7(10(15)14(2)3)13-18(16,17)9-4-8(11)5-12-6-9/h4-7,13H,1-3H3. The van der Waals surface area contributed by atoms with Crippen LogP contribution in [0.25, 0.3) is 0 Å². The monoisotopic (exact) mass is 335 g/mol. The second-order valence-corrected chi connectivity index (χ2v) is 6.54. The Kier molecular flexibility index (Phi) is 4.83. The van der Waals surface area contributed by atoms with E-state index in [1.807, 2.05) is 0 Å². The molecule has 1 N–H and O–H groups in total. The molecule has 1 unspecified atom stereocenters. The van der Waals surface area contributed by atoms with Crippen LogP contribution in [-0.4, -0.2) is 44.3 Å². The van der Waals surface area contributed by atoms with Crippen LogP contribution in [0.4, 0.5) is 0 Å². The van der Waals surface area contributed by atoms with Gasteiger partial charge in [0.05, 0.1) is 6.04 Å². The highest BCUT2D eigenvalue weighted by atomic mass is 79.9. The second-order valence-electron chi connectivity index (χ2n) is 3.91. The van der Waals surface area contributed by atoms with Gasteiger partial charge in [0.2, 0.25) is 15.9 Å². The Morgan fingerprint density at radius 3 is 2.56 bits per heavy atom. The van der Waals surface area contributed by atoms with Crippen molar-refractivity contribution < 1.29 is 13.2 Å². The fourth-order valence-corrected chi connectivity index (χ4v) is 2.98. The fourth-order valence-electron chi connectivity index (χ4n) is 1.28. The van der Waals surface area contributed by atoms with Crippen LogP contribution in [0.5, 0.6) is 0 Å². The van der Waals surface area contributed by atoms with Crippen molar-refractivity contribution in [3.8, 4) is 0 Å². The quantitative estimate of drug-likeness (QED) is 0.873. The average molecular weight is 336 g/mol. The number of halogens is 1. The third kappa shape index (κ3) is 3.76. The van der Waals surface area contributed by atoms with E-state index in [4.69, 9.17) is 0 Å². The molecule has 0 aromatic carbocycles. The number of sulfonamides is 1. The van der Waals surface area contributed by atoms with Crippen molar-refractivity contribution in [2.75, 3.05) is 14.1 Å². The summed E-state index contributed by atoms with van der Waals surface area (Å²) >= 11 is 3.14. The van der Waals surface area contributed by atoms with Crippen molar-refractivity contribution in [3.05, 3.63) is 22.9 Å². The van der Waals surface area contributed by atoms with Gasteiger partial charge in [0, 0.05) is 31.0 Å². The zero-order valence-electron chi connectivity index (χ0n) is 10.2. The summed E-state index contributed by atoms with van der Waals surface area (Å²) in [5, 5.41) is 0. The molecule has 0 aliphatic rings. The number of rotatable bonds is 4. The van der Waals surface area contributed by atoms with E-state index in [0.717, 1.165) is 0 Å². The summed E-state index contributed by atoms with van der Waals surface area (Å²) in [5.41, 5.74) is 0. The molecule has 1 atom stereocenters.